The molecule has 0 N–H and O–H groups in total. The number of hydrogen-bond acceptors (Lipinski definition) is 0. The number of rotatable bonds is 6. The van der Waals surface area contributed by atoms with E-state index >= 15 is 0 Å². The monoisotopic (exact) mass is 320 g/mol. The highest BCUT2D eigenvalue weighted by Crippen LogP contribution is 2.68. The van der Waals surface area contributed by atoms with Crippen molar-refractivity contribution < 1.29 is 0 Å². The van der Waals surface area contributed by atoms with E-state index in [2.05, 4.69) is 97.9 Å². The molecule has 23 heavy (non-hydrogen) atoms. The maximum Gasteiger partial charge on any atom is -0.00187 e. The summed E-state index contributed by atoms with van der Waals surface area (Å²) in [7, 11) is -1.19. The van der Waals surface area contributed by atoms with E-state index in [0.29, 0.717) is 0 Å². The molecule has 118 valence electrons. The third-order valence-electron chi connectivity index (χ3n) is 4.24. The first-order valence-corrected chi connectivity index (χ1v) is 10.1. The van der Waals surface area contributed by atoms with Crippen LogP contribution in [0.3, 0.4) is 0 Å². The molecule has 0 nitrogen and oxygen atoms in total. The molecule has 1 heteroatoms. The highest BCUT2D eigenvalue weighted by molar-refractivity contribution is 8.33. The number of benzene rings is 3. The van der Waals surface area contributed by atoms with E-state index in [1.807, 2.05) is 0 Å². The Morgan fingerprint density at radius 2 is 0.913 bits per heavy atom. The minimum Gasteiger partial charge on any atom is -0.160 e. The molecular weight excluding hydrogens is 296 g/mol. The second-order valence-corrected chi connectivity index (χ2v) is 9.04. The Labute approximate surface area is 141 Å². The van der Waals surface area contributed by atoms with Gasteiger partial charge in [0.25, 0.3) is 0 Å². The van der Waals surface area contributed by atoms with Crippen molar-refractivity contribution in [3.8, 4) is 0 Å². The third-order valence-corrected chi connectivity index (χ3v) is 8.37. The lowest BCUT2D eigenvalue weighted by atomic mass is 10.3. The van der Waals surface area contributed by atoms with E-state index < -0.39 is 10.0 Å². The van der Waals surface area contributed by atoms with Gasteiger partial charge in [-0.25, -0.2) is 0 Å². The first kappa shape index (κ1) is 15.9. The van der Waals surface area contributed by atoms with Crippen LogP contribution >= 0.6 is 10.0 Å². The van der Waals surface area contributed by atoms with Crippen LogP contribution in [-0.2, 0) is 0 Å². The van der Waals surface area contributed by atoms with E-state index in [-0.39, 0.29) is 0 Å². The fraction of sp³-hybridized carbons (Fsp3) is 0.182. The largest absolute Gasteiger partial charge is 0.160 e. The summed E-state index contributed by atoms with van der Waals surface area (Å²) in [5.74, 6) is 1.21. The first-order chi connectivity index (χ1) is 11.4. The lowest BCUT2D eigenvalue weighted by molar-refractivity contribution is 0.887. The van der Waals surface area contributed by atoms with Crippen molar-refractivity contribution >= 4 is 10.0 Å². The van der Waals surface area contributed by atoms with Gasteiger partial charge in [0, 0.05) is 0 Å². The van der Waals surface area contributed by atoms with Crippen LogP contribution in [0.2, 0.25) is 0 Å². The molecule has 0 bridgehead atoms. The fourth-order valence-electron chi connectivity index (χ4n) is 3.08. The Morgan fingerprint density at radius 3 is 1.22 bits per heavy atom. The van der Waals surface area contributed by atoms with Crippen molar-refractivity contribution in [3.05, 3.63) is 91.0 Å². The molecule has 0 radical (unpaired) electrons. The summed E-state index contributed by atoms with van der Waals surface area (Å²) < 4.78 is 0. The average molecular weight is 321 g/mol. The molecular formula is C22H24S. The molecule has 0 unspecified atom stereocenters. The van der Waals surface area contributed by atoms with E-state index in [4.69, 9.17) is 0 Å². The molecule has 0 spiro atoms. The molecule has 0 amide bonds. The Kier molecular flexibility index (Phi) is 5.19. The molecule has 3 aromatic rings. The molecule has 0 aliphatic carbocycles. The summed E-state index contributed by atoms with van der Waals surface area (Å²) in [4.78, 5) is 4.39. The minimum atomic E-state index is -1.19. The van der Waals surface area contributed by atoms with Gasteiger partial charge >= 0.3 is 0 Å². The van der Waals surface area contributed by atoms with Gasteiger partial charge in [0.2, 0.25) is 0 Å². The highest BCUT2D eigenvalue weighted by atomic mass is 32.3. The quantitative estimate of drug-likeness (QED) is 0.470. The van der Waals surface area contributed by atoms with E-state index in [0.717, 1.165) is 0 Å². The summed E-state index contributed by atoms with van der Waals surface area (Å²) in [5.41, 5.74) is 0. The normalized spacial score (nSPS) is 12.0. The molecule has 0 aromatic heterocycles. The van der Waals surface area contributed by atoms with Gasteiger partial charge in [-0.05, 0) is 63.3 Å². The smallest absolute Gasteiger partial charge is 0.00187 e. The van der Waals surface area contributed by atoms with Crippen LogP contribution < -0.4 is 0 Å². The minimum absolute atomic E-state index is 1.19. The van der Waals surface area contributed by atoms with Crippen molar-refractivity contribution in [3.63, 3.8) is 0 Å². The molecule has 0 aliphatic heterocycles. The summed E-state index contributed by atoms with van der Waals surface area (Å²) in [6.07, 6.45) is 2.47. The third kappa shape index (κ3) is 3.20. The predicted octanol–water partition coefficient (Wildman–Crippen LogP) is 6.77. The first-order valence-electron chi connectivity index (χ1n) is 8.34. The number of hydrogen-bond donors (Lipinski definition) is 0. The highest BCUT2D eigenvalue weighted by Gasteiger charge is 2.29. The van der Waals surface area contributed by atoms with Crippen molar-refractivity contribution in [2.75, 3.05) is 5.75 Å². The molecule has 0 heterocycles. The van der Waals surface area contributed by atoms with E-state index in [1.54, 1.807) is 0 Å². The molecule has 0 saturated heterocycles. The second kappa shape index (κ2) is 7.52. The summed E-state index contributed by atoms with van der Waals surface area (Å²) in [6, 6.07) is 33.3. The lowest BCUT2D eigenvalue weighted by Crippen LogP contribution is -2.08. The molecule has 0 fully saturated rings. The van der Waals surface area contributed by atoms with Gasteiger partial charge in [-0.3, -0.25) is 0 Å². The lowest BCUT2D eigenvalue weighted by Gasteiger charge is -2.41. The Bertz CT molecular complexity index is 608. The maximum absolute atomic E-state index is 2.31. The van der Waals surface area contributed by atoms with Crippen molar-refractivity contribution in [1.29, 1.82) is 0 Å². The van der Waals surface area contributed by atoms with Crippen molar-refractivity contribution in [1.82, 2.24) is 0 Å². The zero-order valence-corrected chi connectivity index (χ0v) is 14.5. The van der Waals surface area contributed by atoms with Crippen molar-refractivity contribution in [2.24, 2.45) is 0 Å². The predicted molar refractivity (Wildman–Crippen MR) is 101 cm³/mol. The van der Waals surface area contributed by atoms with Gasteiger partial charge < -0.3 is 0 Å². The van der Waals surface area contributed by atoms with Crippen LogP contribution in [0.15, 0.2) is 106 Å². The molecule has 0 saturated carbocycles. The zero-order chi connectivity index (χ0) is 16.0. The van der Waals surface area contributed by atoms with E-state index in [1.165, 1.54) is 33.3 Å². The standard InChI is InChI=1S/C22H24S/c1-2-3-19-23(20-13-7-4-8-14-20,21-15-9-5-10-16-21)22-17-11-6-12-18-22/h4-18H,2-3,19H2,1H3. The molecule has 3 aromatic carbocycles. The van der Waals surface area contributed by atoms with Crippen LogP contribution in [0, 0.1) is 0 Å². The molecule has 0 aliphatic rings. The van der Waals surface area contributed by atoms with Gasteiger partial charge in [0.1, 0.15) is 0 Å². The average Bonchev–Trinajstić information content (AvgIpc) is 2.65. The fourth-order valence-corrected chi connectivity index (χ4v) is 7.19. The Morgan fingerprint density at radius 1 is 0.565 bits per heavy atom. The van der Waals surface area contributed by atoms with Crippen molar-refractivity contribution in [2.45, 2.75) is 34.5 Å². The summed E-state index contributed by atoms with van der Waals surface area (Å²) in [6.45, 7) is 2.28. The summed E-state index contributed by atoms with van der Waals surface area (Å²) >= 11 is 0. The number of unbranched alkanes of at least 4 members (excludes halogenated alkanes) is 1. The van der Waals surface area contributed by atoms with Gasteiger partial charge in [0.05, 0.1) is 0 Å². The topological polar surface area (TPSA) is 0 Å². The van der Waals surface area contributed by atoms with Crippen LogP contribution in [-0.4, -0.2) is 5.75 Å². The van der Waals surface area contributed by atoms with Crippen LogP contribution in [0.25, 0.3) is 0 Å². The van der Waals surface area contributed by atoms with Crippen LogP contribution in [0.5, 0.6) is 0 Å². The molecule has 0 atom stereocenters. The molecule has 3 rings (SSSR count). The van der Waals surface area contributed by atoms with Gasteiger partial charge in [-0.15, -0.1) is 0 Å². The maximum atomic E-state index is 2.31. The Hall–Kier alpha value is -1.99. The Balaban J connectivity index is 2.25. The SMILES string of the molecule is CCCCS(c1ccccc1)(c1ccccc1)c1ccccc1. The van der Waals surface area contributed by atoms with E-state index in [9.17, 15) is 0 Å². The second-order valence-electron chi connectivity index (χ2n) is 5.74. The van der Waals surface area contributed by atoms with Crippen LogP contribution in [0.1, 0.15) is 19.8 Å². The zero-order valence-electron chi connectivity index (χ0n) is 13.7. The van der Waals surface area contributed by atoms with Gasteiger partial charge in [0.15, 0.2) is 0 Å². The van der Waals surface area contributed by atoms with Gasteiger partial charge in [-0.2, -0.15) is 10.0 Å². The van der Waals surface area contributed by atoms with Gasteiger partial charge in [-0.1, -0.05) is 67.9 Å². The summed E-state index contributed by atoms with van der Waals surface area (Å²) in [5, 5.41) is 0. The van der Waals surface area contributed by atoms with Crippen LogP contribution in [0.4, 0.5) is 0 Å².